The van der Waals surface area contributed by atoms with Gasteiger partial charge in [-0.1, -0.05) is 30.3 Å². The van der Waals surface area contributed by atoms with Gasteiger partial charge in [0.25, 0.3) is 5.91 Å². The minimum atomic E-state index is -0.231. The number of amides is 1. The molecule has 0 spiro atoms. The number of fused-ring (bicyclic) bond motifs is 1. The van der Waals surface area contributed by atoms with E-state index in [0.29, 0.717) is 5.82 Å². The van der Waals surface area contributed by atoms with E-state index in [1.54, 1.807) is 0 Å². The van der Waals surface area contributed by atoms with Crippen LogP contribution >= 0.6 is 0 Å². The van der Waals surface area contributed by atoms with Crippen molar-refractivity contribution in [2.45, 2.75) is 6.92 Å². The summed E-state index contributed by atoms with van der Waals surface area (Å²) >= 11 is 0. The maximum Gasteiger partial charge on any atom is 0.291 e. The van der Waals surface area contributed by atoms with E-state index in [-0.39, 0.29) is 5.91 Å². The van der Waals surface area contributed by atoms with Crippen molar-refractivity contribution in [2.75, 3.05) is 5.32 Å². The smallest absolute Gasteiger partial charge is 0.291 e. The summed E-state index contributed by atoms with van der Waals surface area (Å²) in [6.07, 6.45) is 0. The molecule has 1 amide bonds. The summed E-state index contributed by atoms with van der Waals surface area (Å²) in [7, 11) is 0. The summed E-state index contributed by atoms with van der Waals surface area (Å²) in [5.74, 6) is 0.0925. The van der Waals surface area contributed by atoms with E-state index in [0.717, 1.165) is 22.3 Å². The molecule has 0 bridgehead atoms. The maximum absolute atomic E-state index is 12.1. The second-order valence-electron chi connectivity index (χ2n) is 4.37. The first-order valence-electron chi connectivity index (χ1n) is 6.06. The molecule has 94 valence electrons. The van der Waals surface area contributed by atoms with Crippen molar-refractivity contribution in [3.63, 3.8) is 0 Å². The molecule has 0 radical (unpaired) electrons. The van der Waals surface area contributed by atoms with Crippen LogP contribution in [0.2, 0.25) is 0 Å². The van der Waals surface area contributed by atoms with Crippen LogP contribution in [0.3, 0.4) is 0 Å². The molecule has 0 saturated carbocycles. The highest BCUT2D eigenvalue weighted by Crippen LogP contribution is 2.15. The monoisotopic (exact) mass is 251 g/mol. The van der Waals surface area contributed by atoms with Crippen LogP contribution < -0.4 is 5.32 Å². The van der Waals surface area contributed by atoms with E-state index in [4.69, 9.17) is 0 Å². The number of imidazole rings is 1. The molecule has 0 aliphatic heterocycles. The van der Waals surface area contributed by atoms with Crippen molar-refractivity contribution < 1.29 is 4.79 Å². The van der Waals surface area contributed by atoms with E-state index in [2.05, 4.69) is 15.3 Å². The van der Waals surface area contributed by atoms with Gasteiger partial charge in [-0.25, -0.2) is 4.98 Å². The van der Waals surface area contributed by atoms with E-state index < -0.39 is 0 Å². The molecule has 3 rings (SSSR count). The number of aromatic nitrogens is 2. The molecule has 1 heterocycles. The molecule has 4 nitrogen and oxygen atoms in total. The summed E-state index contributed by atoms with van der Waals surface area (Å²) in [4.78, 5) is 19.4. The van der Waals surface area contributed by atoms with Gasteiger partial charge in [-0.15, -0.1) is 0 Å². The Hall–Kier alpha value is -2.62. The Labute approximate surface area is 110 Å². The second kappa shape index (κ2) is 4.57. The molecular weight excluding hydrogens is 238 g/mol. The molecule has 1 aromatic heterocycles. The molecule has 0 aliphatic rings. The Balaban J connectivity index is 1.90. The first-order chi connectivity index (χ1) is 9.24. The zero-order chi connectivity index (χ0) is 13.2. The van der Waals surface area contributed by atoms with Crippen molar-refractivity contribution >= 4 is 22.6 Å². The number of rotatable bonds is 2. The van der Waals surface area contributed by atoms with Gasteiger partial charge in [0, 0.05) is 5.69 Å². The Kier molecular flexibility index (Phi) is 2.76. The number of H-pyrrole nitrogens is 1. The van der Waals surface area contributed by atoms with Gasteiger partial charge in [-0.05, 0) is 30.7 Å². The number of carbonyl (C=O) groups excluding carboxylic acids is 1. The number of carbonyl (C=O) groups is 1. The highest BCUT2D eigenvalue weighted by Gasteiger charge is 2.11. The van der Waals surface area contributed by atoms with Crippen molar-refractivity contribution in [1.82, 2.24) is 9.97 Å². The Morgan fingerprint density at radius 3 is 2.63 bits per heavy atom. The predicted octanol–water partition coefficient (Wildman–Crippen LogP) is 3.12. The standard InChI is InChI=1S/C15H13N3O/c1-10-6-2-3-7-11(10)18-15(19)14-16-12-8-4-5-9-13(12)17-14/h2-9H,1H3,(H,16,17)(H,18,19). The van der Waals surface area contributed by atoms with Crippen LogP contribution in [0.5, 0.6) is 0 Å². The lowest BCUT2D eigenvalue weighted by atomic mass is 10.2. The van der Waals surface area contributed by atoms with Gasteiger partial charge in [-0.2, -0.15) is 0 Å². The van der Waals surface area contributed by atoms with E-state index >= 15 is 0 Å². The Bertz CT molecular complexity index is 713. The number of anilines is 1. The lowest BCUT2D eigenvalue weighted by Crippen LogP contribution is -2.14. The number of hydrogen-bond acceptors (Lipinski definition) is 2. The zero-order valence-corrected chi connectivity index (χ0v) is 10.5. The van der Waals surface area contributed by atoms with Gasteiger partial charge >= 0.3 is 0 Å². The topological polar surface area (TPSA) is 57.8 Å². The van der Waals surface area contributed by atoms with Crippen LogP contribution in [-0.2, 0) is 0 Å². The molecule has 3 aromatic rings. The van der Waals surface area contributed by atoms with Crippen LogP contribution in [0.4, 0.5) is 5.69 Å². The fourth-order valence-electron chi connectivity index (χ4n) is 1.96. The molecule has 0 fully saturated rings. The lowest BCUT2D eigenvalue weighted by Gasteiger charge is -2.05. The molecule has 4 heteroatoms. The van der Waals surface area contributed by atoms with E-state index in [1.807, 2.05) is 55.5 Å². The third-order valence-electron chi connectivity index (χ3n) is 3.00. The van der Waals surface area contributed by atoms with Gasteiger partial charge in [0.1, 0.15) is 0 Å². The predicted molar refractivity (Wildman–Crippen MR) is 75.2 cm³/mol. The van der Waals surface area contributed by atoms with Gasteiger partial charge < -0.3 is 10.3 Å². The number of nitrogens with one attached hydrogen (secondary N) is 2. The summed E-state index contributed by atoms with van der Waals surface area (Å²) in [6.45, 7) is 1.95. The molecule has 2 N–H and O–H groups in total. The SMILES string of the molecule is Cc1ccccc1NC(=O)c1nc2ccccc2[nH]1. The van der Waals surface area contributed by atoms with Crippen LogP contribution in [0, 0.1) is 6.92 Å². The zero-order valence-electron chi connectivity index (χ0n) is 10.5. The average molecular weight is 251 g/mol. The quantitative estimate of drug-likeness (QED) is 0.735. The van der Waals surface area contributed by atoms with Crippen molar-refractivity contribution in [2.24, 2.45) is 0 Å². The average Bonchev–Trinajstić information content (AvgIpc) is 2.85. The summed E-state index contributed by atoms with van der Waals surface area (Å²) in [5.41, 5.74) is 3.47. The minimum Gasteiger partial charge on any atom is -0.334 e. The van der Waals surface area contributed by atoms with E-state index in [1.165, 1.54) is 0 Å². The number of aromatic amines is 1. The number of para-hydroxylation sites is 3. The number of benzene rings is 2. The van der Waals surface area contributed by atoms with Gasteiger partial charge in [0.05, 0.1) is 11.0 Å². The molecule has 2 aromatic carbocycles. The maximum atomic E-state index is 12.1. The normalized spacial score (nSPS) is 10.6. The summed E-state index contributed by atoms with van der Waals surface area (Å²) < 4.78 is 0. The van der Waals surface area contributed by atoms with Crippen LogP contribution in [0.1, 0.15) is 16.2 Å². The molecule has 19 heavy (non-hydrogen) atoms. The highest BCUT2D eigenvalue weighted by molar-refractivity contribution is 6.03. The lowest BCUT2D eigenvalue weighted by molar-refractivity contribution is 0.101. The van der Waals surface area contributed by atoms with Crippen molar-refractivity contribution in [3.05, 3.63) is 59.9 Å². The van der Waals surface area contributed by atoms with Gasteiger partial charge in [0.15, 0.2) is 5.82 Å². The molecule has 0 atom stereocenters. The summed E-state index contributed by atoms with van der Waals surface area (Å²) in [6, 6.07) is 15.2. The fourth-order valence-corrected chi connectivity index (χ4v) is 1.96. The molecular formula is C15H13N3O. The largest absolute Gasteiger partial charge is 0.334 e. The Morgan fingerprint density at radius 2 is 1.84 bits per heavy atom. The van der Waals surface area contributed by atoms with Crippen LogP contribution in [0.25, 0.3) is 11.0 Å². The second-order valence-corrected chi connectivity index (χ2v) is 4.37. The molecule has 0 saturated heterocycles. The third-order valence-corrected chi connectivity index (χ3v) is 3.00. The fraction of sp³-hybridized carbons (Fsp3) is 0.0667. The Morgan fingerprint density at radius 1 is 1.11 bits per heavy atom. The van der Waals surface area contributed by atoms with Crippen molar-refractivity contribution in [1.29, 1.82) is 0 Å². The first-order valence-corrected chi connectivity index (χ1v) is 6.06. The number of aryl methyl sites for hydroxylation is 1. The van der Waals surface area contributed by atoms with Gasteiger partial charge in [0.2, 0.25) is 0 Å². The first kappa shape index (κ1) is 11.5. The molecule has 0 aliphatic carbocycles. The minimum absolute atomic E-state index is 0.231. The van der Waals surface area contributed by atoms with E-state index in [9.17, 15) is 4.79 Å². The van der Waals surface area contributed by atoms with Crippen LogP contribution in [-0.4, -0.2) is 15.9 Å². The van der Waals surface area contributed by atoms with Crippen molar-refractivity contribution in [3.8, 4) is 0 Å². The number of hydrogen-bond donors (Lipinski definition) is 2. The summed E-state index contributed by atoms with van der Waals surface area (Å²) in [5, 5.41) is 2.85. The number of nitrogens with zero attached hydrogens (tertiary/aromatic N) is 1. The highest BCUT2D eigenvalue weighted by atomic mass is 16.2. The third kappa shape index (κ3) is 2.20. The molecule has 0 unspecified atom stereocenters. The van der Waals surface area contributed by atoms with Crippen LogP contribution in [0.15, 0.2) is 48.5 Å². The van der Waals surface area contributed by atoms with Gasteiger partial charge in [-0.3, -0.25) is 4.79 Å².